The van der Waals surface area contributed by atoms with E-state index in [0.717, 1.165) is 32.1 Å². The van der Waals surface area contributed by atoms with Crippen molar-refractivity contribution < 1.29 is 23.1 Å². The van der Waals surface area contributed by atoms with E-state index in [0.29, 0.717) is 10.4 Å². The molecule has 2 aromatic rings. The minimum atomic E-state index is -3.72. The largest absolute Gasteiger partial charge is 0.383 e. The lowest BCUT2D eigenvalue weighted by molar-refractivity contribution is -0.127. The number of thiophene rings is 1. The van der Waals surface area contributed by atoms with Crippen molar-refractivity contribution in [3.63, 3.8) is 0 Å². The van der Waals surface area contributed by atoms with Gasteiger partial charge in [-0.05, 0) is 47.9 Å². The van der Waals surface area contributed by atoms with Crippen LogP contribution in [-0.4, -0.2) is 31.3 Å². The Morgan fingerprint density at radius 1 is 1.18 bits per heavy atom. The van der Waals surface area contributed by atoms with Gasteiger partial charge < -0.3 is 10.4 Å². The number of hydrogen-bond donors (Lipinski definition) is 2. The molecule has 2 heterocycles. The Bertz CT molecular complexity index is 1030. The summed E-state index contributed by atoms with van der Waals surface area (Å²) in [6.07, 6.45) is 3.46. The number of ketones is 1. The number of amides is 1. The molecule has 2 N–H and O–H groups in total. The number of aliphatic hydroxyl groups is 1. The molecule has 1 aromatic heterocycles. The minimum Gasteiger partial charge on any atom is -0.383 e. The molecule has 2 aliphatic rings. The average molecular weight is 420 g/mol. The Balaban J connectivity index is 1.71. The van der Waals surface area contributed by atoms with Crippen molar-refractivity contribution in [3.05, 3.63) is 45.6 Å². The maximum atomic E-state index is 13.1. The lowest BCUT2D eigenvalue weighted by Gasteiger charge is -2.26. The van der Waals surface area contributed by atoms with Crippen LogP contribution in [-0.2, 0) is 20.4 Å². The van der Waals surface area contributed by atoms with Crippen LogP contribution >= 0.6 is 11.3 Å². The molecule has 1 atom stereocenters. The summed E-state index contributed by atoms with van der Waals surface area (Å²) in [7, 11) is -3.72. The number of anilines is 1. The first kappa shape index (κ1) is 19.3. The predicted molar refractivity (Wildman–Crippen MR) is 106 cm³/mol. The molecule has 1 unspecified atom stereocenters. The minimum absolute atomic E-state index is 0.0205. The Labute approximate surface area is 167 Å². The van der Waals surface area contributed by atoms with Crippen LogP contribution in [0.2, 0.25) is 0 Å². The van der Waals surface area contributed by atoms with Gasteiger partial charge in [0, 0.05) is 0 Å². The number of sulfone groups is 1. The fraction of sp³-hybridized carbons (Fsp3) is 0.400. The smallest absolute Gasteiger partial charge is 0.253 e. The molecular weight excluding hydrogens is 398 g/mol. The molecule has 1 aromatic carbocycles. The summed E-state index contributed by atoms with van der Waals surface area (Å²) in [5.74, 6) is -1.36. The van der Waals surface area contributed by atoms with Crippen molar-refractivity contribution >= 4 is 38.6 Å². The Morgan fingerprint density at radius 2 is 1.93 bits per heavy atom. The zero-order valence-electron chi connectivity index (χ0n) is 15.2. The van der Waals surface area contributed by atoms with E-state index in [2.05, 4.69) is 5.32 Å². The van der Waals surface area contributed by atoms with E-state index in [9.17, 15) is 23.1 Å². The van der Waals surface area contributed by atoms with E-state index in [1.807, 2.05) is 0 Å². The van der Waals surface area contributed by atoms with Gasteiger partial charge >= 0.3 is 0 Å². The highest BCUT2D eigenvalue weighted by Gasteiger charge is 2.34. The van der Waals surface area contributed by atoms with Crippen LogP contribution in [0.15, 0.2) is 34.5 Å². The van der Waals surface area contributed by atoms with Crippen molar-refractivity contribution in [1.29, 1.82) is 0 Å². The lowest BCUT2D eigenvalue weighted by Crippen LogP contribution is -2.36. The summed E-state index contributed by atoms with van der Waals surface area (Å²) in [4.78, 5) is 26.0. The third-order valence-electron chi connectivity index (χ3n) is 5.51. The third-order valence-corrected chi connectivity index (χ3v) is 8.17. The number of rotatable bonds is 3. The standard InChI is InChI=1S/C20H21NO5S2/c22-17(12-5-2-1-3-6-12)20(24)21-14-7-4-8-15-16(14)18(23)19-13(9-10-27-19)11-28(15,25)26/h4,7-10,12,17,22H,1-3,5-6,11H2,(H,21,24). The topological polar surface area (TPSA) is 101 Å². The van der Waals surface area contributed by atoms with Crippen molar-refractivity contribution in [3.8, 4) is 0 Å². The van der Waals surface area contributed by atoms with Crippen LogP contribution in [0.3, 0.4) is 0 Å². The first-order valence-corrected chi connectivity index (χ1v) is 11.9. The van der Waals surface area contributed by atoms with Gasteiger partial charge in [-0.1, -0.05) is 25.3 Å². The zero-order chi connectivity index (χ0) is 19.9. The summed E-state index contributed by atoms with van der Waals surface area (Å²) >= 11 is 1.19. The van der Waals surface area contributed by atoms with Gasteiger partial charge in [-0.25, -0.2) is 8.42 Å². The lowest BCUT2D eigenvalue weighted by atomic mass is 9.85. The maximum absolute atomic E-state index is 13.1. The van der Waals surface area contributed by atoms with Gasteiger partial charge in [-0.3, -0.25) is 9.59 Å². The number of nitrogens with one attached hydrogen (secondary N) is 1. The van der Waals surface area contributed by atoms with Crippen LogP contribution < -0.4 is 5.32 Å². The number of carbonyl (C=O) groups excluding carboxylic acids is 2. The summed E-state index contributed by atoms with van der Waals surface area (Å²) < 4.78 is 25.6. The van der Waals surface area contributed by atoms with E-state index in [-0.39, 0.29) is 27.8 Å². The average Bonchev–Trinajstić information content (AvgIpc) is 3.11. The molecule has 148 valence electrons. The van der Waals surface area contributed by atoms with Crippen molar-refractivity contribution in [2.75, 3.05) is 5.32 Å². The highest BCUT2D eigenvalue weighted by Crippen LogP contribution is 2.36. The molecule has 1 fully saturated rings. The molecule has 1 amide bonds. The van der Waals surface area contributed by atoms with Crippen molar-refractivity contribution in [1.82, 2.24) is 0 Å². The summed E-state index contributed by atoms with van der Waals surface area (Å²) in [6.45, 7) is 0. The molecular formula is C20H21NO5S2. The molecule has 6 nitrogen and oxygen atoms in total. The molecule has 0 bridgehead atoms. The van der Waals surface area contributed by atoms with E-state index >= 15 is 0 Å². The monoisotopic (exact) mass is 419 g/mol. The van der Waals surface area contributed by atoms with Gasteiger partial charge in [0.15, 0.2) is 9.84 Å². The van der Waals surface area contributed by atoms with E-state index < -0.39 is 27.6 Å². The molecule has 0 radical (unpaired) electrons. The number of aliphatic hydroxyl groups excluding tert-OH is 1. The molecule has 1 aliphatic carbocycles. The first-order valence-electron chi connectivity index (χ1n) is 9.34. The van der Waals surface area contributed by atoms with E-state index in [1.54, 1.807) is 11.4 Å². The Kier molecular flexibility index (Phi) is 5.11. The van der Waals surface area contributed by atoms with E-state index in [1.165, 1.54) is 29.5 Å². The third kappa shape index (κ3) is 3.40. The quantitative estimate of drug-likeness (QED) is 0.796. The molecule has 1 aliphatic heterocycles. The van der Waals surface area contributed by atoms with Gasteiger partial charge in [0.1, 0.15) is 6.10 Å². The van der Waals surface area contributed by atoms with Gasteiger partial charge in [0.2, 0.25) is 5.78 Å². The van der Waals surface area contributed by atoms with Crippen LogP contribution in [0.1, 0.15) is 52.9 Å². The highest BCUT2D eigenvalue weighted by molar-refractivity contribution is 7.90. The molecule has 1 saturated carbocycles. The molecule has 0 saturated heterocycles. The highest BCUT2D eigenvalue weighted by atomic mass is 32.2. The van der Waals surface area contributed by atoms with Crippen LogP contribution in [0.25, 0.3) is 0 Å². The molecule has 8 heteroatoms. The number of carbonyl (C=O) groups is 2. The van der Waals surface area contributed by atoms with E-state index in [4.69, 9.17) is 0 Å². The molecule has 4 rings (SSSR count). The summed E-state index contributed by atoms with van der Waals surface area (Å²) in [5, 5.41) is 14.8. The second kappa shape index (κ2) is 7.42. The first-order chi connectivity index (χ1) is 13.4. The second-order valence-corrected chi connectivity index (χ2v) is 10.2. The number of fused-ring (bicyclic) bond motifs is 2. The SMILES string of the molecule is O=C1c2sccc2CS(=O)(=O)c2cccc(NC(=O)C(O)C3CCCCC3)c21. The number of hydrogen-bond acceptors (Lipinski definition) is 6. The van der Waals surface area contributed by atoms with Gasteiger partial charge in [-0.15, -0.1) is 11.3 Å². The Morgan fingerprint density at radius 3 is 2.68 bits per heavy atom. The van der Waals surface area contributed by atoms with Gasteiger partial charge in [0.05, 0.1) is 26.8 Å². The fourth-order valence-electron chi connectivity index (χ4n) is 4.04. The summed E-state index contributed by atoms with van der Waals surface area (Å²) in [6, 6.07) is 6.06. The molecule has 0 spiro atoms. The Hall–Kier alpha value is -2.03. The summed E-state index contributed by atoms with van der Waals surface area (Å²) in [5.41, 5.74) is 0.589. The van der Waals surface area contributed by atoms with Crippen LogP contribution in [0, 0.1) is 5.92 Å². The zero-order valence-corrected chi connectivity index (χ0v) is 16.8. The maximum Gasteiger partial charge on any atom is 0.253 e. The predicted octanol–water partition coefficient (Wildman–Crippen LogP) is 3.15. The number of benzene rings is 1. The van der Waals surface area contributed by atoms with Crippen molar-refractivity contribution in [2.45, 2.75) is 48.9 Å². The fourth-order valence-corrected chi connectivity index (χ4v) is 6.61. The molecule has 28 heavy (non-hydrogen) atoms. The van der Waals surface area contributed by atoms with Crippen LogP contribution in [0.5, 0.6) is 0 Å². The van der Waals surface area contributed by atoms with Gasteiger partial charge in [-0.2, -0.15) is 0 Å². The second-order valence-electron chi connectivity index (χ2n) is 7.37. The van der Waals surface area contributed by atoms with Crippen LogP contribution in [0.4, 0.5) is 5.69 Å². The van der Waals surface area contributed by atoms with Gasteiger partial charge in [0.25, 0.3) is 5.91 Å². The van der Waals surface area contributed by atoms with Crippen molar-refractivity contribution in [2.24, 2.45) is 5.92 Å². The normalized spacial score (nSPS) is 20.0.